The van der Waals surface area contributed by atoms with Gasteiger partial charge in [0, 0.05) is 44.0 Å². The minimum Gasteiger partial charge on any atom is -0.357 e. The van der Waals surface area contributed by atoms with E-state index in [9.17, 15) is 13.2 Å². The number of rotatable bonds is 9. The van der Waals surface area contributed by atoms with Gasteiger partial charge in [0.05, 0.1) is 10.6 Å². The van der Waals surface area contributed by atoms with Crippen LogP contribution in [0.5, 0.6) is 0 Å². The van der Waals surface area contributed by atoms with Crippen molar-refractivity contribution in [3.05, 3.63) is 88.1 Å². The molecule has 40 heavy (non-hydrogen) atoms. The van der Waals surface area contributed by atoms with Crippen LogP contribution < -0.4 is 14.5 Å². The number of nitrogens with zero attached hydrogens (tertiary/aromatic N) is 3. The van der Waals surface area contributed by atoms with Crippen LogP contribution in [-0.4, -0.2) is 46.0 Å². The Labute approximate surface area is 242 Å². The average molecular weight is 581 g/mol. The molecule has 1 aliphatic rings. The Morgan fingerprint density at radius 3 is 2.55 bits per heavy atom. The van der Waals surface area contributed by atoms with Gasteiger partial charge in [-0.2, -0.15) is 0 Å². The Bertz CT molecular complexity index is 1500. The fourth-order valence-corrected chi connectivity index (χ4v) is 6.72. The van der Waals surface area contributed by atoms with Gasteiger partial charge in [-0.05, 0) is 105 Å². The van der Waals surface area contributed by atoms with Gasteiger partial charge in [0.25, 0.3) is 10.0 Å². The molecule has 1 fully saturated rings. The predicted octanol–water partition coefficient (Wildman–Crippen LogP) is 5.92. The fourth-order valence-electron chi connectivity index (χ4n) is 4.99. The molecule has 7 nitrogen and oxygen atoms in total. The Balaban J connectivity index is 1.33. The molecule has 0 atom stereocenters. The highest BCUT2D eigenvalue weighted by atomic mass is 35.5. The van der Waals surface area contributed by atoms with E-state index in [1.807, 2.05) is 18.3 Å². The van der Waals surface area contributed by atoms with Gasteiger partial charge in [0.15, 0.2) is 0 Å². The summed E-state index contributed by atoms with van der Waals surface area (Å²) in [6, 6.07) is 14.5. The normalized spacial score (nSPS) is 14.5. The lowest BCUT2D eigenvalue weighted by Gasteiger charge is -2.33. The largest absolute Gasteiger partial charge is 0.357 e. The fraction of sp³-hybridized carbons (Fsp3) is 0.355. The molecule has 1 N–H and O–H groups in total. The van der Waals surface area contributed by atoms with Crippen molar-refractivity contribution in [2.24, 2.45) is 5.92 Å². The molecule has 0 bridgehead atoms. The third-order valence-corrected chi connectivity index (χ3v) is 9.80. The van der Waals surface area contributed by atoms with Crippen molar-refractivity contribution < 1.29 is 13.2 Å². The predicted molar refractivity (Wildman–Crippen MR) is 164 cm³/mol. The van der Waals surface area contributed by atoms with Crippen molar-refractivity contribution in [3.8, 4) is 0 Å². The molecule has 212 valence electrons. The van der Waals surface area contributed by atoms with Crippen molar-refractivity contribution in [3.63, 3.8) is 0 Å². The van der Waals surface area contributed by atoms with Crippen molar-refractivity contribution in [1.82, 2.24) is 10.3 Å². The van der Waals surface area contributed by atoms with Crippen molar-refractivity contribution in [2.45, 2.75) is 44.9 Å². The molecule has 1 saturated heterocycles. The minimum atomic E-state index is -3.84. The first kappa shape index (κ1) is 29.6. The lowest BCUT2D eigenvalue weighted by molar-refractivity contribution is -0.116. The number of carbonyl (C=O) groups is 1. The maximum absolute atomic E-state index is 13.5. The zero-order valence-corrected chi connectivity index (χ0v) is 25.1. The number of halogens is 1. The summed E-state index contributed by atoms with van der Waals surface area (Å²) in [4.78, 5) is 19.6. The van der Waals surface area contributed by atoms with E-state index in [-0.39, 0.29) is 10.8 Å². The molecule has 2 aromatic carbocycles. The number of hydrogen-bond donors (Lipinski definition) is 1. The second kappa shape index (κ2) is 12.9. The highest BCUT2D eigenvalue weighted by Crippen LogP contribution is 2.30. The van der Waals surface area contributed by atoms with E-state index in [2.05, 4.69) is 28.2 Å². The minimum absolute atomic E-state index is 0.203. The number of hydrogen-bond acceptors (Lipinski definition) is 5. The Hall–Kier alpha value is -3.36. The summed E-state index contributed by atoms with van der Waals surface area (Å²) in [6.45, 7) is 8.13. The van der Waals surface area contributed by atoms with Gasteiger partial charge in [-0.3, -0.25) is 9.10 Å². The summed E-state index contributed by atoms with van der Waals surface area (Å²) in [5.41, 5.74) is 3.59. The number of anilines is 2. The lowest BCUT2D eigenvalue weighted by atomic mass is 9.93. The molecule has 0 spiro atoms. The van der Waals surface area contributed by atoms with E-state index in [1.54, 1.807) is 50.3 Å². The monoisotopic (exact) mass is 580 g/mol. The van der Waals surface area contributed by atoms with E-state index in [1.165, 1.54) is 23.0 Å². The number of amides is 1. The molecule has 4 rings (SSSR count). The number of carbonyl (C=O) groups excluding carboxylic acids is 1. The maximum atomic E-state index is 13.5. The summed E-state index contributed by atoms with van der Waals surface area (Å²) < 4.78 is 28.2. The maximum Gasteiger partial charge on any atom is 0.264 e. The number of aryl methyl sites for hydroxylation is 3. The van der Waals surface area contributed by atoms with Crippen molar-refractivity contribution >= 4 is 45.1 Å². The van der Waals surface area contributed by atoms with E-state index in [4.69, 9.17) is 11.6 Å². The quantitative estimate of drug-likeness (QED) is 0.318. The summed E-state index contributed by atoms with van der Waals surface area (Å²) in [7, 11) is -2.32. The number of piperidine rings is 1. The Morgan fingerprint density at radius 2 is 1.82 bits per heavy atom. The smallest absolute Gasteiger partial charge is 0.264 e. The van der Waals surface area contributed by atoms with E-state index in [0.717, 1.165) is 38.2 Å². The van der Waals surface area contributed by atoms with Crippen LogP contribution in [0.25, 0.3) is 6.08 Å². The number of pyridine rings is 1. The third kappa shape index (κ3) is 7.04. The second-order valence-corrected chi connectivity index (χ2v) is 12.8. The highest BCUT2D eigenvalue weighted by Gasteiger charge is 2.25. The van der Waals surface area contributed by atoms with Crippen LogP contribution in [0, 0.1) is 26.7 Å². The van der Waals surface area contributed by atoms with E-state index >= 15 is 0 Å². The van der Waals surface area contributed by atoms with Gasteiger partial charge in [-0.15, -0.1) is 0 Å². The zero-order chi connectivity index (χ0) is 28.9. The van der Waals surface area contributed by atoms with Crippen molar-refractivity contribution in [1.29, 1.82) is 0 Å². The van der Waals surface area contributed by atoms with Gasteiger partial charge in [0.2, 0.25) is 5.91 Å². The first-order chi connectivity index (χ1) is 19.1. The summed E-state index contributed by atoms with van der Waals surface area (Å²) in [5, 5.41) is 3.50. The molecule has 0 aliphatic carbocycles. The molecule has 1 amide bonds. The summed E-state index contributed by atoms with van der Waals surface area (Å²) in [5.74, 6) is 1.39. The van der Waals surface area contributed by atoms with Gasteiger partial charge in [0.1, 0.15) is 5.82 Å². The number of aromatic nitrogens is 1. The van der Waals surface area contributed by atoms with Crippen LogP contribution in [0.3, 0.4) is 0 Å². The van der Waals surface area contributed by atoms with Gasteiger partial charge >= 0.3 is 0 Å². The van der Waals surface area contributed by atoms with E-state index in [0.29, 0.717) is 39.9 Å². The molecular formula is C31H37ClN4O3S. The number of nitrogens with one attached hydrogen (secondary N) is 1. The molecular weight excluding hydrogens is 544 g/mol. The van der Waals surface area contributed by atoms with Crippen LogP contribution in [0.1, 0.15) is 41.5 Å². The second-order valence-electron chi connectivity index (χ2n) is 10.4. The van der Waals surface area contributed by atoms with Gasteiger partial charge < -0.3 is 10.2 Å². The highest BCUT2D eigenvalue weighted by molar-refractivity contribution is 7.92. The van der Waals surface area contributed by atoms with E-state index < -0.39 is 10.0 Å². The van der Waals surface area contributed by atoms with Gasteiger partial charge in [-0.1, -0.05) is 29.8 Å². The topological polar surface area (TPSA) is 82.6 Å². The first-order valence-corrected chi connectivity index (χ1v) is 15.4. The molecule has 0 unspecified atom stereocenters. The van der Waals surface area contributed by atoms with Crippen LogP contribution in [0.2, 0.25) is 5.02 Å². The molecule has 0 saturated carbocycles. The Morgan fingerprint density at radius 1 is 1.10 bits per heavy atom. The average Bonchev–Trinajstić information content (AvgIpc) is 2.94. The van der Waals surface area contributed by atoms with Gasteiger partial charge in [-0.25, -0.2) is 13.4 Å². The molecule has 3 aromatic rings. The standard InChI is InChI=1S/C31H37ClN4O3S/c1-22-11-15-33-30(19-22)36-17-13-25(14-18-36)12-16-34-31(37)10-9-26-7-5-6-8-28(26)35(4)40(38,39)29-21-23(2)27(32)20-24(29)3/h5-11,15,19-21,25H,12-14,16-18H2,1-4H3,(H,34,37)/b10-9+. The summed E-state index contributed by atoms with van der Waals surface area (Å²) >= 11 is 6.18. The molecule has 9 heteroatoms. The molecule has 1 aromatic heterocycles. The zero-order valence-electron chi connectivity index (χ0n) is 23.5. The van der Waals surface area contributed by atoms with Crippen LogP contribution in [0.15, 0.2) is 65.7 Å². The lowest BCUT2D eigenvalue weighted by Crippen LogP contribution is -2.35. The number of para-hydroxylation sites is 1. The first-order valence-electron chi connectivity index (χ1n) is 13.5. The SMILES string of the molecule is Cc1ccnc(N2CCC(CCNC(=O)/C=C/c3ccccc3N(C)S(=O)(=O)c3cc(C)c(Cl)cc3C)CC2)c1. The third-order valence-electron chi connectivity index (χ3n) is 7.48. The van der Waals surface area contributed by atoms with Crippen LogP contribution >= 0.6 is 11.6 Å². The number of benzene rings is 2. The van der Waals surface area contributed by atoms with Crippen LogP contribution in [-0.2, 0) is 14.8 Å². The molecule has 2 heterocycles. The van der Waals surface area contributed by atoms with Crippen molar-refractivity contribution in [2.75, 3.05) is 35.9 Å². The van der Waals surface area contributed by atoms with Crippen LogP contribution in [0.4, 0.5) is 11.5 Å². The Kier molecular flexibility index (Phi) is 9.53. The molecule has 0 radical (unpaired) electrons. The molecule has 1 aliphatic heterocycles. The number of sulfonamides is 1. The summed E-state index contributed by atoms with van der Waals surface area (Å²) in [6.07, 6.45) is 8.04.